The highest BCUT2D eigenvalue weighted by molar-refractivity contribution is 5.82. The van der Waals surface area contributed by atoms with E-state index >= 15 is 0 Å². The largest absolute Gasteiger partial charge is 0.481 e. The van der Waals surface area contributed by atoms with Crippen molar-refractivity contribution in [3.63, 3.8) is 0 Å². The van der Waals surface area contributed by atoms with E-state index in [0.717, 1.165) is 0 Å². The number of aliphatic carboxylic acids is 1. The molecule has 3 atom stereocenters. The fourth-order valence-electron chi connectivity index (χ4n) is 1.97. The molecule has 0 aromatic heterocycles. The van der Waals surface area contributed by atoms with Gasteiger partial charge in [-0.1, -0.05) is 6.92 Å². The lowest BCUT2D eigenvalue weighted by atomic mass is 9.99. The molecule has 0 spiro atoms. The summed E-state index contributed by atoms with van der Waals surface area (Å²) in [6.45, 7) is 2.64. The van der Waals surface area contributed by atoms with Crippen molar-refractivity contribution in [3.8, 4) is 0 Å². The number of hydrogen-bond acceptors (Lipinski definition) is 4. The Labute approximate surface area is 94.3 Å². The van der Waals surface area contributed by atoms with Crippen molar-refractivity contribution in [2.75, 3.05) is 26.7 Å². The van der Waals surface area contributed by atoms with Crippen LogP contribution in [0.15, 0.2) is 0 Å². The molecule has 6 heteroatoms. The third kappa shape index (κ3) is 2.51. The highest BCUT2D eigenvalue weighted by Gasteiger charge is 2.38. The molecule has 3 unspecified atom stereocenters. The zero-order chi connectivity index (χ0) is 12.3. The first kappa shape index (κ1) is 12.9. The Kier molecular flexibility index (Phi) is 4.26. The first-order valence-electron chi connectivity index (χ1n) is 5.25. The molecule has 0 aromatic carbocycles. The van der Waals surface area contributed by atoms with Crippen molar-refractivity contribution in [2.24, 2.45) is 17.6 Å². The van der Waals surface area contributed by atoms with E-state index in [-0.39, 0.29) is 24.9 Å². The van der Waals surface area contributed by atoms with E-state index in [9.17, 15) is 9.59 Å². The van der Waals surface area contributed by atoms with Crippen LogP contribution in [-0.4, -0.2) is 54.7 Å². The molecule has 0 bridgehead atoms. The van der Waals surface area contributed by atoms with Crippen LogP contribution >= 0.6 is 0 Å². The maximum atomic E-state index is 11.8. The summed E-state index contributed by atoms with van der Waals surface area (Å²) in [5.41, 5.74) is 5.39. The molecule has 1 heterocycles. The number of nitrogens with two attached hydrogens (primary N) is 1. The molecule has 16 heavy (non-hydrogen) atoms. The van der Waals surface area contributed by atoms with E-state index in [1.54, 1.807) is 0 Å². The quantitative estimate of drug-likeness (QED) is 0.655. The molecule has 0 radical (unpaired) electrons. The standard InChI is InChI=1S/C10H18N2O4/c1-6-4-12(5-7(6)10(14)15)9(13)8(3-11)16-2/h6-8H,3-5,11H2,1-2H3,(H,14,15). The number of carbonyl (C=O) groups is 2. The monoisotopic (exact) mass is 230 g/mol. The van der Waals surface area contributed by atoms with Crippen molar-refractivity contribution in [2.45, 2.75) is 13.0 Å². The molecular weight excluding hydrogens is 212 g/mol. The number of carbonyl (C=O) groups excluding carboxylic acids is 1. The van der Waals surface area contributed by atoms with E-state index < -0.39 is 18.0 Å². The molecule has 1 amide bonds. The molecule has 1 fully saturated rings. The van der Waals surface area contributed by atoms with Gasteiger partial charge in [-0.3, -0.25) is 9.59 Å². The molecule has 0 aromatic rings. The summed E-state index contributed by atoms with van der Waals surface area (Å²) >= 11 is 0. The van der Waals surface area contributed by atoms with E-state index in [1.807, 2.05) is 6.92 Å². The summed E-state index contributed by atoms with van der Waals surface area (Å²) in [6.07, 6.45) is -0.667. The van der Waals surface area contributed by atoms with Crippen LogP contribution in [0.3, 0.4) is 0 Å². The van der Waals surface area contributed by atoms with E-state index in [1.165, 1.54) is 12.0 Å². The molecule has 92 valence electrons. The average molecular weight is 230 g/mol. The van der Waals surface area contributed by atoms with Crippen LogP contribution in [0, 0.1) is 11.8 Å². The number of amides is 1. The van der Waals surface area contributed by atoms with Crippen molar-refractivity contribution in [1.29, 1.82) is 0 Å². The summed E-state index contributed by atoms with van der Waals surface area (Å²) in [5, 5.41) is 8.94. The van der Waals surface area contributed by atoms with E-state index in [4.69, 9.17) is 15.6 Å². The van der Waals surface area contributed by atoms with Gasteiger partial charge < -0.3 is 20.5 Å². The van der Waals surface area contributed by atoms with E-state index in [0.29, 0.717) is 6.54 Å². The number of likely N-dealkylation sites (tertiary alicyclic amines) is 1. The number of nitrogens with zero attached hydrogens (tertiary/aromatic N) is 1. The summed E-state index contributed by atoms with van der Waals surface area (Å²) < 4.78 is 4.94. The lowest BCUT2D eigenvalue weighted by Crippen LogP contribution is -2.43. The van der Waals surface area contributed by atoms with Gasteiger partial charge in [0.1, 0.15) is 6.10 Å². The van der Waals surface area contributed by atoms with Crippen molar-refractivity contribution in [1.82, 2.24) is 4.90 Å². The fourth-order valence-corrected chi connectivity index (χ4v) is 1.97. The number of hydrogen-bond donors (Lipinski definition) is 2. The van der Waals surface area contributed by atoms with Crippen LogP contribution in [0.1, 0.15) is 6.92 Å². The Morgan fingerprint density at radius 3 is 2.56 bits per heavy atom. The minimum Gasteiger partial charge on any atom is -0.481 e. The molecular formula is C10H18N2O4. The van der Waals surface area contributed by atoms with Gasteiger partial charge >= 0.3 is 5.97 Å². The average Bonchev–Trinajstić information content (AvgIpc) is 2.62. The third-order valence-corrected chi connectivity index (χ3v) is 3.02. The normalized spacial score (nSPS) is 26.8. The van der Waals surface area contributed by atoms with E-state index in [2.05, 4.69) is 0 Å². The van der Waals surface area contributed by atoms with Crippen molar-refractivity contribution >= 4 is 11.9 Å². The summed E-state index contributed by atoms with van der Waals surface area (Å²) in [5.74, 6) is -1.60. The van der Waals surface area contributed by atoms with Crippen LogP contribution in [-0.2, 0) is 14.3 Å². The van der Waals surface area contributed by atoms with Crippen LogP contribution < -0.4 is 5.73 Å². The van der Waals surface area contributed by atoms with Gasteiger partial charge in [0.25, 0.3) is 5.91 Å². The van der Waals surface area contributed by atoms with Gasteiger partial charge in [-0.25, -0.2) is 0 Å². The molecule has 6 nitrogen and oxygen atoms in total. The Hall–Kier alpha value is -1.14. The molecule has 3 N–H and O–H groups in total. The summed E-state index contributed by atoms with van der Waals surface area (Å²) in [7, 11) is 1.42. The minimum atomic E-state index is -0.857. The maximum Gasteiger partial charge on any atom is 0.308 e. The number of rotatable bonds is 4. The van der Waals surface area contributed by atoms with Gasteiger partial charge in [0.2, 0.25) is 0 Å². The molecule has 1 saturated heterocycles. The Morgan fingerprint density at radius 1 is 1.56 bits per heavy atom. The zero-order valence-corrected chi connectivity index (χ0v) is 9.55. The first-order chi connectivity index (χ1) is 7.51. The Morgan fingerprint density at radius 2 is 2.19 bits per heavy atom. The van der Waals surface area contributed by atoms with Crippen LogP contribution in [0.4, 0.5) is 0 Å². The number of carboxylic acid groups (broad SMARTS) is 1. The molecule has 1 rings (SSSR count). The first-order valence-corrected chi connectivity index (χ1v) is 5.25. The second kappa shape index (κ2) is 5.27. The number of ether oxygens (including phenoxy) is 1. The zero-order valence-electron chi connectivity index (χ0n) is 9.55. The fraction of sp³-hybridized carbons (Fsp3) is 0.800. The molecule has 1 aliphatic rings. The second-order valence-corrected chi connectivity index (χ2v) is 4.13. The maximum absolute atomic E-state index is 11.8. The van der Waals surface area contributed by atoms with Gasteiger partial charge in [0, 0.05) is 26.7 Å². The van der Waals surface area contributed by atoms with Gasteiger partial charge in [0.15, 0.2) is 0 Å². The molecule has 0 aliphatic carbocycles. The number of carboxylic acids is 1. The Bertz CT molecular complexity index is 278. The predicted octanol–water partition coefficient (Wildman–Crippen LogP) is -0.861. The highest BCUT2D eigenvalue weighted by Crippen LogP contribution is 2.23. The van der Waals surface area contributed by atoms with Crippen LogP contribution in [0.2, 0.25) is 0 Å². The number of methoxy groups -OCH3 is 1. The van der Waals surface area contributed by atoms with Crippen LogP contribution in [0.5, 0.6) is 0 Å². The van der Waals surface area contributed by atoms with Gasteiger partial charge in [-0.2, -0.15) is 0 Å². The topological polar surface area (TPSA) is 92.9 Å². The lowest BCUT2D eigenvalue weighted by molar-refractivity contribution is -0.143. The minimum absolute atomic E-state index is 0.0308. The Balaban J connectivity index is 2.64. The van der Waals surface area contributed by atoms with Gasteiger partial charge in [0.05, 0.1) is 5.92 Å². The second-order valence-electron chi connectivity index (χ2n) is 4.13. The van der Waals surface area contributed by atoms with Crippen molar-refractivity contribution < 1.29 is 19.4 Å². The smallest absolute Gasteiger partial charge is 0.308 e. The van der Waals surface area contributed by atoms with Crippen molar-refractivity contribution in [3.05, 3.63) is 0 Å². The lowest BCUT2D eigenvalue weighted by Gasteiger charge is -2.21. The van der Waals surface area contributed by atoms with Gasteiger partial charge in [-0.15, -0.1) is 0 Å². The van der Waals surface area contributed by atoms with Gasteiger partial charge in [-0.05, 0) is 5.92 Å². The SMILES string of the molecule is COC(CN)C(=O)N1CC(C)C(C(=O)O)C1. The highest BCUT2D eigenvalue weighted by atomic mass is 16.5. The predicted molar refractivity (Wildman–Crippen MR) is 56.7 cm³/mol. The van der Waals surface area contributed by atoms with Crippen LogP contribution in [0.25, 0.3) is 0 Å². The summed E-state index contributed by atoms with van der Waals surface area (Å²) in [4.78, 5) is 24.3. The molecule has 0 saturated carbocycles. The summed E-state index contributed by atoms with van der Waals surface area (Å²) in [6, 6.07) is 0. The molecule has 1 aliphatic heterocycles. The third-order valence-electron chi connectivity index (χ3n) is 3.02.